The van der Waals surface area contributed by atoms with Crippen molar-refractivity contribution in [1.82, 2.24) is 0 Å². The number of carboxylic acid groups (broad SMARTS) is 1. The van der Waals surface area contributed by atoms with Gasteiger partial charge in [0.05, 0.1) is 13.2 Å². The Labute approximate surface area is 88.6 Å². The minimum atomic E-state index is -5.08. The van der Waals surface area contributed by atoms with Gasteiger partial charge in [-0.1, -0.05) is 5.11 Å². The molecule has 0 aromatic heterocycles. The van der Waals surface area contributed by atoms with Gasteiger partial charge in [-0.15, -0.1) is 0 Å². The normalized spacial score (nSPS) is 9.75. The molecule has 0 heterocycles. The predicted octanol–water partition coefficient (Wildman–Crippen LogP) is 0.905. The van der Waals surface area contributed by atoms with Gasteiger partial charge in [0.25, 0.3) is 0 Å². The van der Waals surface area contributed by atoms with E-state index in [1.54, 1.807) is 0 Å². The van der Waals surface area contributed by atoms with Gasteiger partial charge in [-0.05, 0) is 5.53 Å². The highest BCUT2D eigenvalue weighted by molar-refractivity contribution is 5.73. The standard InChI is InChI=1S/C4H10N4O.C2HF3O2/c5-1-3-9-4-2-7-8-6;3-2(4,5)1(6)7/h1-5H2;(H,6,7). The van der Waals surface area contributed by atoms with Crippen molar-refractivity contribution in [2.24, 2.45) is 10.8 Å². The van der Waals surface area contributed by atoms with Gasteiger partial charge in [0.1, 0.15) is 0 Å². The monoisotopic (exact) mass is 244 g/mol. The van der Waals surface area contributed by atoms with Crippen molar-refractivity contribution in [3.63, 3.8) is 0 Å². The van der Waals surface area contributed by atoms with E-state index in [1.807, 2.05) is 0 Å². The average Bonchev–Trinajstić information content (AvgIpc) is 2.17. The lowest BCUT2D eigenvalue weighted by atomic mass is 10.7. The Hall–Kier alpha value is -1.51. The van der Waals surface area contributed by atoms with Crippen LogP contribution in [0.2, 0.25) is 0 Å². The highest BCUT2D eigenvalue weighted by Crippen LogP contribution is 2.13. The Morgan fingerprint density at radius 1 is 1.50 bits per heavy atom. The van der Waals surface area contributed by atoms with Crippen LogP contribution in [0.1, 0.15) is 0 Å². The van der Waals surface area contributed by atoms with Crippen molar-refractivity contribution in [3.8, 4) is 0 Å². The molecule has 0 saturated carbocycles. The summed E-state index contributed by atoms with van der Waals surface area (Å²) in [6.07, 6.45) is -5.08. The molecule has 3 N–H and O–H groups in total. The van der Waals surface area contributed by atoms with Crippen LogP contribution >= 0.6 is 0 Å². The first-order valence-electron chi connectivity index (χ1n) is 3.95. The molecule has 0 rings (SSSR count). The van der Waals surface area contributed by atoms with E-state index in [-0.39, 0.29) is 0 Å². The zero-order valence-corrected chi connectivity index (χ0v) is 8.15. The van der Waals surface area contributed by atoms with Crippen molar-refractivity contribution in [2.45, 2.75) is 6.18 Å². The number of hydrogen-bond acceptors (Lipinski definition) is 4. The van der Waals surface area contributed by atoms with Crippen molar-refractivity contribution in [2.75, 3.05) is 26.3 Å². The van der Waals surface area contributed by atoms with Crippen molar-refractivity contribution >= 4 is 5.97 Å². The highest BCUT2D eigenvalue weighted by atomic mass is 19.4. The summed E-state index contributed by atoms with van der Waals surface area (Å²) in [5.41, 5.74) is 12.9. The Kier molecular flexibility index (Phi) is 10.6. The molecule has 0 aliphatic carbocycles. The fourth-order valence-corrected chi connectivity index (χ4v) is 0.335. The van der Waals surface area contributed by atoms with Gasteiger partial charge in [0.2, 0.25) is 0 Å². The fourth-order valence-electron chi connectivity index (χ4n) is 0.335. The third-order valence-electron chi connectivity index (χ3n) is 0.904. The van der Waals surface area contributed by atoms with Crippen LogP contribution in [-0.4, -0.2) is 43.6 Å². The van der Waals surface area contributed by atoms with E-state index < -0.39 is 12.1 Å². The second-order valence-electron chi connectivity index (χ2n) is 2.16. The number of carbonyl (C=O) groups is 1. The topological polar surface area (TPSA) is 121 Å². The fraction of sp³-hybridized carbons (Fsp3) is 0.833. The van der Waals surface area contributed by atoms with E-state index in [4.69, 9.17) is 25.9 Å². The lowest BCUT2D eigenvalue weighted by Crippen LogP contribution is -2.21. The summed E-state index contributed by atoms with van der Waals surface area (Å²) in [7, 11) is 0. The lowest BCUT2D eigenvalue weighted by molar-refractivity contribution is -0.192. The Morgan fingerprint density at radius 3 is 2.31 bits per heavy atom. The van der Waals surface area contributed by atoms with Crippen LogP contribution in [-0.2, 0) is 9.53 Å². The number of alkyl halides is 3. The van der Waals surface area contributed by atoms with Gasteiger partial charge in [-0.25, -0.2) is 4.79 Å². The van der Waals surface area contributed by atoms with E-state index in [2.05, 4.69) is 10.0 Å². The average molecular weight is 244 g/mol. The summed E-state index contributed by atoms with van der Waals surface area (Å²) in [4.78, 5) is 11.4. The molecule has 94 valence electrons. The first kappa shape index (κ1) is 16.9. The van der Waals surface area contributed by atoms with Crippen LogP contribution in [0.5, 0.6) is 0 Å². The molecule has 0 unspecified atom stereocenters. The van der Waals surface area contributed by atoms with Crippen molar-refractivity contribution < 1.29 is 27.8 Å². The van der Waals surface area contributed by atoms with Crippen LogP contribution < -0.4 is 5.73 Å². The lowest BCUT2D eigenvalue weighted by Gasteiger charge is -1.95. The Balaban J connectivity index is 0. The van der Waals surface area contributed by atoms with Crippen LogP contribution in [0, 0.1) is 0 Å². The second-order valence-corrected chi connectivity index (χ2v) is 2.16. The number of aliphatic carboxylic acids is 1. The molecule has 0 aliphatic heterocycles. The first-order chi connectivity index (χ1) is 7.36. The molecule has 0 amide bonds. The van der Waals surface area contributed by atoms with E-state index in [9.17, 15) is 13.2 Å². The van der Waals surface area contributed by atoms with E-state index in [1.165, 1.54) is 0 Å². The zero-order valence-electron chi connectivity index (χ0n) is 8.15. The smallest absolute Gasteiger partial charge is 0.475 e. The molecule has 0 aromatic carbocycles. The zero-order chi connectivity index (χ0) is 13.0. The van der Waals surface area contributed by atoms with Crippen LogP contribution in [0.4, 0.5) is 13.2 Å². The number of halogens is 3. The van der Waals surface area contributed by atoms with Crippen molar-refractivity contribution in [3.05, 3.63) is 10.4 Å². The van der Waals surface area contributed by atoms with Gasteiger partial charge in [-0.2, -0.15) is 13.2 Å². The quantitative estimate of drug-likeness (QED) is 0.323. The number of ether oxygens (including phenoxy) is 1. The highest BCUT2D eigenvalue weighted by Gasteiger charge is 2.38. The summed E-state index contributed by atoms with van der Waals surface area (Å²) >= 11 is 0. The Morgan fingerprint density at radius 2 is 2.00 bits per heavy atom. The predicted molar refractivity (Wildman–Crippen MR) is 47.6 cm³/mol. The Bertz CT molecular complexity index is 240. The van der Waals surface area contributed by atoms with Gasteiger partial charge in [0.15, 0.2) is 0 Å². The van der Waals surface area contributed by atoms with Gasteiger partial charge >= 0.3 is 12.1 Å². The molecule has 0 aliphatic rings. The summed E-state index contributed by atoms with van der Waals surface area (Å²) < 4.78 is 36.6. The summed E-state index contributed by atoms with van der Waals surface area (Å²) in [6.45, 7) is 1.88. The van der Waals surface area contributed by atoms with Gasteiger partial charge in [0, 0.05) is 18.0 Å². The molecule has 16 heavy (non-hydrogen) atoms. The molecule has 0 spiro atoms. The molecule has 0 aromatic rings. The maximum atomic E-state index is 10.6. The van der Waals surface area contributed by atoms with E-state index >= 15 is 0 Å². The molecule has 0 fully saturated rings. The molecule has 7 nitrogen and oxygen atoms in total. The van der Waals surface area contributed by atoms with Crippen molar-refractivity contribution in [1.29, 1.82) is 0 Å². The summed E-state index contributed by atoms with van der Waals surface area (Å²) in [6, 6.07) is 0. The number of azide groups is 1. The minimum Gasteiger partial charge on any atom is -0.475 e. The largest absolute Gasteiger partial charge is 0.490 e. The van der Waals surface area contributed by atoms with Crippen LogP contribution in [0.15, 0.2) is 5.11 Å². The molecular weight excluding hydrogens is 233 g/mol. The molecule has 0 bridgehead atoms. The maximum Gasteiger partial charge on any atom is 0.490 e. The SMILES string of the molecule is O=C(O)C(F)(F)F.[N-]=[N+]=NCCOCCN. The first-order valence-corrected chi connectivity index (χ1v) is 3.95. The molecular formula is C6H11F3N4O3. The number of rotatable bonds is 5. The second kappa shape index (κ2) is 10.0. The minimum absolute atomic E-state index is 0.385. The molecule has 0 atom stereocenters. The van der Waals surface area contributed by atoms with Gasteiger partial charge < -0.3 is 15.6 Å². The van der Waals surface area contributed by atoms with Gasteiger partial charge in [-0.3, -0.25) is 0 Å². The number of nitrogens with zero attached hydrogens (tertiary/aromatic N) is 3. The summed E-state index contributed by atoms with van der Waals surface area (Å²) in [5.74, 6) is -2.76. The number of nitrogens with two attached hydrogens (primary N) is 1. The third-order valence-corrected chi connectivity index (χ3v) is 0.904. The summed E-state index contributed by atoms with van der Waals surface area (Å²) in [5, 5.41) is 10.4. The maximum absolute atomic E-state index is 10.6. The molecule has 0 radical (unpaired) electrons. The number of hydrogen-bond donors (Lipinski definition) is 2. The number of carboxylic acids is 1. The van der Waals surface area contributed by atoms with E-state index in [0.717, 1.165) is 0 Å². The third kappa shape index (κ3) is 15.0. The molecule has 10 heteroatoms. The molecule has 0 saturated heterocycles. The van der Waals surface area contributed by atoms with E-state index in [0.29, 0.717) is 26.3 Å². The van der Waals surface area contributed by atoms with Crippen LogP contribution in [0.25, 0.3) is 10.4 Å². The van der Waals surface area contributed by atoms with Crippen LogP contribution in [0.3, 0.4) is 0 Å².